The van der Waals surface area contributed by atoms with Crippen LogP contribution in [0.4, 0.5) is 0 Å². The van der Waals surface area contributed by atoms with Crippen molar-refractivity contribution in [1.29, 1.82) is 0 Å². The first-order chi connectivity index (χ1) is 15.7. The number of methoxy groups -OCH3 is 2. The molecule has 0 radical (unpaired) electrons. The highest BCUT2D eigenvalue weighted by Crippen LogP contribution is 2.32. The third-order valence-electron chi connectivity index (χ3n) is 5.61. The monoisotopic (exact) mass is 463 g/mol. The van der Waals surface area contributed by atoms with Gasteiger partial charge in [0.05, 0.1) is 30.0 Å². The van der Waals surface area contributed by atoms with Gasteiger partial charge in [-0.2, -0.15) is 0 Å². The van der Waals surface area contributed by atoms with Crippen LogP contribution in [-0.4, -0.2) is 27.2 Å². The van der Waals surface area contributed by atoms with Crippen molar-refractivity contribution in [2.75, 3.05) is 14.2 Å². The van der Waals surface area contributed by atoms with E-state index < -0.39 is 15.3 Å². The second-order valence-electron chi connectivity index (χ2n) is 7.98. The van der Waals surface area contributed by atoms with E-state index in [1.54, 1.807) is 22.8 Å². The molecule has 0 unspecified atom stereocenters. The van der Waals surface area contributed by atoms with Gasteiger partial charge in [-0.25, -0.2) is 8.42 Å². The summed E-state index contributed by atoms with van der Waals surface area (Å²) in [5.41, 5.74) is 2.98. The molecule has 0 fully saturated rings. The molecule has 7 heteroatoms. The van der Waals surface area contributed by atoms with Crippen LogP contribution in [0, 0.1) is 13.8 Å². The molecule has 170 valence electrons. The average molecular weight is 464 g/mol. The first-order valence-electron chi connectivity index (χ1n) is 10.4. The summed E-state index contributed by atoms with van der Waals surface area (Å²) in [6, 6.07) is 17.6. The smallest absolute Gasteiger partial charge is 0.211 e. The van der Waals surface area contributed by atoms with Crippen molar-refractivity contribution < 1.29 is 17.9 Å². The van der Waals surface area contributed by atoms with Crippen molar-refractivity contribution in [3.63, 3.8) is 0 Å². The number of hydrogen-bond acceptors (Lipinski definition) is 5. The van der Waals surface area contributed by atoms with Crippen LogP contribution in [0.1, 0.15) is 16.7 Å². The van der Waals surface area contributed by atoms with Crippen molar-refractivity contribution in [2.45, 2.75) is 30.2 Å². The molecule has 1 aromatic heterocycles. The molecule has 1 heterocycles. The molecule has 0 aliphatic heterocycles. The van der Waals surface area contributed by atoms with Gasteiger partial charge in [0.1, 0.15) is 4.90 Å². The molecule has 0 saturated carbocycles. The number of aromatic nitrogens is 1. The van der Waals surface area contributed by atoms with Crippen LogP contribution >= 0.6 is 0 Å². The van der Waals surface area contributed by atoms with Gasteiger partial charge < -0.3 is 14.0 Å². The number of fused-ring (bicyclic) bond motifs is 1. The second kappa shape index (κ2) is 8.75. The lowest BCUT2D eigenvalue weighted by atomic mass is 10.1. The third kappa shape index (κ3) is 4.24. The van der Waals surface area contributed by atoms with Gasteiger partial charge in [0.2, 0.25) is 15.3 Å². The molecule has 0 atom stereocenters. The Kier molecular flexibility index (Phi) is 5.99. The number of aryl methyl sites for hydroxylation is 2. The number of nitrogens with zero attached hydrogens (tertiary/aromatic N) is 1. The van der Waals surface area contributed by atoms with E-state index in [4.69, 9.17) is 9.47 Å². The van der Waals surface area contributed by atoms with Gasteiger partial charge in [0, 0.05) is 18.8 Å². The third-order valence-corrected chi connectivity index (χ3v) is 7.37. The summed E-state index contributed by atoms with van der Waals surface area (Å²) in [7, 11) is -1.05. The topological polar surface area (TPSA) is 74.6 Å². The molecular formula is C26H25NO5S. The molecule has 0 spiro atoms. The SMILES string of the molecule is COc1cc2c(=O)c(S(=O)(=O)c3ccc(C)cc3)cn(Cc3cccc(C)c3)c2cc1OC. The van der Waals surface area contributed by atoms with Gasteiger partial charge in [0.15, 0.2) is 11.5 Å². The molecule has 0 N–H and O–H groups in total. The summed E-state index contributed by atoms with van der Waals surface area (Å²) in [6.45, 7) is 4.25. The molecule has 6 nitrogen and oxygen atoms in total. The number of pyridine rings is 1. The summed E-state index contributed by atoms with van der Waals surface area (Å²) in [4.78, 5) is 13.3. The Morgan fingerprint density at radius 2 is 1.52 bits per heavy atom. The van der Waals surface area contributed by atoms with E-state index in [1.165, 1.54) is 38.6 Å². The van der Waals surface area contributed by atoms with E-state index in [2.05, 4.69) is 0 Å². The summed E-state index contributed by atoms with van der Waals surface area (Å²) in [6.07, 6.45) is 1.42. The van der Waals surface area contributed by atoms with Crippen LogP contribution in [0.25, 0.3) is 10.9 Å². The van der Waals surface area contributed by atoms with Crippen molar-refractivity contribution in [2.24, 2.45) is 0 Å². The Balaban J connectivity index is 2.02. The Morgan fingerprint density at radius 1 is 0.848 bits per heavy atom. The van der Waals surface area contributed by atoms with Crippen LogP contribution in [0.15, 0.2) is 81.4 Å². The number of sulfone groups is 1. The van der Waals surface area contributed by atoms with Gasteiger partial charge in [-0.1, -0.05) is 47.5 Å². The number of ether oxygens (including phenoxy) is 2. The maximum absolute atomic E-state index is 13.5. The van der Waals surface area contributed by atoms with Crippen molar-refractivity contribution >= 4 is 20.7 Å². The molecule has 4 aromatic rings. The molecule has 0 saturated heterocycles. The fourth-order valence-electron chi connectivity index (χ4n) is 3.86. The van der Waals surface area contributed by atoms with Gasteiger partial charge in [0.25, 0.3) is 0 Å². The molecule has 0 amide bonds. The minimum absolute atomic E-state index is 0.0760. The summed E-state index contributed by atoms with van der Waals surface area (Å²) >= 11 is 0. The molecule has 0 aliphatic rings. The first kappa shape index (κ1) is 22.6. The van der Waals surface area contributed by atoms with E-state index in [9.17, 15) is 13.2 Å². The van der Waals surface area contributed by atoms with Crippen LogP contribution < -0.4 is 14.9 Å². The maximum Gasteiger partial charge on any atom is 0.211 e. The Labute approximate surface area is 192 Å². The number of hydrogen-bond donors (Lipinski definition) is 0. The number of rotatable bonds is 6. The molecule has 33 heavy (non-hydrogen) atoms. The molecular weight excluding hydrogens is 438 g/mol. The number of benzene rings is 3. The lowest BCUT2D eigenvalue weighted by molar-refractivity contribution is 0.355. The molecule has 0 aliphatic carbocycles. The largest absolute Gasteiger partial charge is 0.493 e. The average Bonchev–Trinajstić information content (AvgIpc) is 2.80. The predicted molar refractivity (Wildman–Crippen MR) is 128 cm³/mol. The fraction of sp³-hybridized carbons (Fsp3) is 0.192. The fourth-order valence-corrected chi connectivity index (χ4v) is 5.23. The van der Waals surface area contributed by atoms with Gasteiger partial charge >= 0.3 is 0 Å². The lowest BCUT2D eigenvalue weighted by Gasteiger charge is -2.17. The van der Waals surface area contributed by atoms with Crippen molar-refractivity contribution in [3.05, 3.63) is 93.8 Å². The lowest BCUT2D eigenvalue weighted by Crippen LogP contribution is -2.20. The zero-order valence-electron chi connectivity index (χ0n) is 19.0. The van der Waals surface area contributed by atoms with E-state index in [1.807, 2.05) is 38.1 Å². The molecule has 3 aromatic carbocycles. The highest BCUT2D eigenvalue weighted by molar-refractivity contribution is 7.91. The second-order valence-corrected chi connectivity index (χ2v) is 9.90. The Hall–Kier alpha value is -3.58. The van der Waals surface area contributed by atoms with Crippen LogP contribution in [0.3, 0.4) is 0 Å². The maximum atomic E-state index is 13.5. The highest BCUT2D eigenvalue weighted by Gasteiger charge is 2.25. The van der Waals surface area contributed by atoms with Gasteiger partial charge in [-0.05, 0) is 37.6 Å². The van der Waals surface area contributed by atoms with Gasteiger partial charge in [-0.3, -0.25) is 4.79 Å². The summed E-state index contributed by atoms with van der Waals surface area (Å²) < 4.78 is 39.5. The quantitative estimate of drug-likeness (QED) is 0.420. The van der Waals surface area contributed by atoms with Crippen LogP contribution in [0.2, 0.25) is 0 Å². The Morgan fingerprint density at radius 3 is 2.15 bits per heavy atom. The van der Waals surface area contributed by atoms with Gasteiger partial charge in [-0.15, -0.1) is 0 Å². The van der Waals surface area contributed by atoms with Crippen molar-refractivity contribution in [3.8, 4) is 11.5 Å². The van der Waals surface area contributed by atoms with E-state index in [0.29, 0.717) is 23.6 Å². The van der Waals surface area contributed by atoms with E-state index >= 15 is 0 Å². The minimum atomic E-state index is -4.04. The zero-order valence-corrected chi connectivity index (χ0v) is 19.8. The highest BCUT2D eigenvalue weighted by atomic mass is 32.2. The Bertz CT molecular complexity index is 1500. The first-order valence-corrected chi connectivity index (χ1v) is 11.9. The minimum Gasteiger partial charge on any atom is -0.493 e. The van der Waals surface area contributed by atoms with E-state index in [0.717, 1.165) is 16.7 Å². The van der Waals surface area contributed by atoms with Crippen LogP contribution in [-0.2, 0) is 16.4 Å². The standard InChI is InChI=1S/C26H25NO5S/c1-17-8-10-20(11-9-17)33(29,30)25-16-27(15-19-7-5-6-18(2)12-19)22-14-24(32-4)23(31-3)13-21(22)26(25)28/h5-14,16H,15H2,1-4H3. The summed E-state index contributed by atoms with van der Waals surface area (Å²) in [5.74, 6) is 0.811. The zero-order chi connectivity index (χ0) is 23.8. The van der Waals surface area contributed by atoms with Crippen LogP contribution in [0.5, 0.6) is 11.5 Å². The molecule has 4 rings (SSSR count). The van der Waals surface area contributed by atoms with E-state index in [-0.39, 0.29) is 15.2 Å². The van der Waals surface area contributed by atoms with Crippen molar-refractivity contribution in [1.82, 2.24) is 4.57 Å². The normalized spacial score (nSPS) is 11.5. The summed E-state index contributed by atoms with van der Waals surface area (Å²) in [5, 5.41) is 0.244. The molecule has 0 bridgehead atoms. The predicted octanol–water partition coefficient (Wildman–Crippen LogP) is 4.52.